The Balaban J connectivity index is 1.96. The zero-order valence-corrected chi connectivity index (χ0v) is 13.1. The van der Waals surface area contributed by atoms with Crippen molar-refractivity contribution in [2.24, 2.45) is 0 Å². The predicted octanol–water partition coefficient (Wildman–Crippen LogP) is 4.55. The van der Waals surface area contributed by atoms with Gasteiger partial charge in [0.05, 0.1) is 21.6 Å². The Hall–Kier alpha value is -3.05. The highest BCUT2D eigenvalue weighted by Crippen LogP contribution is 2.36. The Morgan fingerprint density at radius 3 is 2.48 bits per heavy atom. The summed E-state index contributed by atoms with van der Waals surface area (Å²) in [4.78, 5) is 8.09. The third-order valence-electron chi connectivity index (χ3n) is 3.26. The molecule has 3 rings (SSSR count). The Labute approximate surface area is 144 Å². The van der Waals surface area contributed by atoms with Gasteiger partial charge < -0.3 is 10.5 Å². The third kappa shape index (κ3) is 3.41. The lowest BCUT2D eigenvalue weighted by atomic mass is 10.2. The van der Waals surface area contributed by atoms with E-state index < -0.39 is 11.7 Å². The minimum atomic E-state index is -4.49. The maximum Gasteiger partial charge on any atom is 0.416 e. The number of nitrogens with two attached hydrogens (primary N) is 1. The minimum absolute atomic E-state index is 0.00875. The smallest absolute Gasteiger partial charge is 0.416 e. The summed E-state index contributed by atoms with van der Waals surface area (Å²) in [6, 6.07) is 9.19. The van der Waals surface area contributed by atoms with E-state index in [0.29, 0.717) is 11.0 Å². The molecule has 1 heterocycles. The van der Waals surface area contributed by atoms with Gasteiger partial charge in [-0.25, -0.2) is 9.97 Å². The SMILES string of the molecule is N#Cc1nc2cc(Oc3ccc(C(F)(F)F)cc3Cl)ccc2nc1N. The molecule has 5 nitrogen and oxygen atoms in total. The lowest BCUT2D eigenvalue weighted by Gasteiger charge is -2.11. The lowest BCUT2D eigenvalue weighted by molar-refractivity contribution is -0.137. The van der Waals surface area contributed by atoms with Gasteiger partial charge in [0.2, 0.25) is 0 Å². The first-order valence-corrected chi connectivity index (χ1v) is 7.17. The monoisotopic (exact) mass is 364 g/mol. The molecule has 0 atom stereocenters. The molecule has 126 valence electrons. The van der Waals surface area contributed by atoms with E-state index in [1.807, 2.05) is 6.07 Å². The fourth-order valence-corrected chi connectivity index (χ4v) is 2.30. The average Bonchev–Trinajstić information content (AvgIpc) is 2.55. The van der Waals surface area contributed by atoms with E-state index in [9.17, 15) is 13.2 Å². The molecule has 0 radical (unpaired) electrons. The average molecular weight is 365 g/mol. The molecule has 25 heavy (non-hydrogen) atoms. The molecule has 0 aliphatic carbocycles. The van der Waals surface area contributed by atoms with E-state index >= 15 is 0 Å². The number of benzene rings is 2. The van der Waals surface area contributed by atoms with Crippen molar-refractivity contribution in [3.8, 4) is 17.6 Å². The summed E-state index contributed by atoms with van der Waals surface area (Å²) >= 11 is 5.86. The van der Waals surface area contributed by atoms with E-state index in [-0.39, 0.29) is 28.0 Å². The molecule has 0 unspecified atom stereocenters. The topological polar surface area (TPSA) is 84.8 Å². The summed E-state index contributed by atoms with van der Waals surface area (Å²) in [6.07, 6.45) is -4.49. The number of halogens is 4. The second-order valence-corrected chi connectivity index (χ2v) is 5.37. The molecule has 9 heteroatoms. The van der Waals surface area contributed by atoms with Crippen molar-refractivity contribution in [3.05, 3.63) is 52.7 Å². The van der Waals surface area contributed by atoms with Crippen LogP contribution < -0.4 is 10.5 Å². The van der Waals surface area contributed by atoms with Crippen LogP contribution in [0.4, 0.5) is 19.0 Å². The van der Waals surface area contributed by atoms with Crippen LogP contribution >= 0.6 is 11.6 Å². The van der Waals surface area contributed by atoms with Crippen LogP contribution in [0, 0.1) is 11.3 Å². The van der Waals surface area contributed by atoms with Gasteiger partial charge >= 0.3 is 6.18 Å². The van der Waals surface area contributed by atoms with Gasteiger partial charge in [-0.3, -0.25) is 0 Å². The number of anilines is 1. The van der Waals surface area contributed by atoms with Gasteiger partial charge in [-0.15, -0.1) is 0 Å². The molecule has 0 aliphatic rings. The van der Waals surface area contributed by atoms with Gasteiger partial charge in [0.15, 0.2) is 11.5 Å². The van der Waals surface area contributed by atoms with Gasteiger partial charge in [0.25, 0.3) is 0 Å². The molecule has 0 saturated carbocycles. The van der Waals surface area contributed by atoms with Gasteiger partial charge in [-0.05, 0) is 30.3 Å². The van der Waals surface area contributed by atoms with Crippen molar-refractivity contribution in [1.29, 1.82) is 5.26 Å². The number of nitriles is 1. The summed E-state index contributed by atoms with van der Waals surface area (Å²) in [6.45, 7) is 0. The first kappa shape index (κ1) is 16.8. The molecule has 3 aromatic rings. The standard InChI is InChI=1S/C16H8ClF3N4O/c17-10-5-8(16(18,19)20)1-4-14(10)25-9-2-3-11-12(6-9)23-13(7-21)15(22)24-11/h1-6H,(H2,22,24). The number of rotatable bonds is 2. The number of fused-ring (bicyclic) bond motifs is 1. The van der Waals surface area contributed by atoms with Gasteiger partial charge in [-0.1, -0.05) is 11.6 Å². The van der Waals surface area contributed by atoms with Gasteiger partial charge in [-0.2, -0.15) is 18.4 Å². The molecule has 0 aliphatic heterocycles. The first-order chi connectivity index (χ1) is 11.8. The summed E-state index contributed by atoms with van der Waals surface area (Å²) in [5.74, 6) is 0.337. The fraction of sp³-hybridized carbons (Fsp3) is 0.0625. The van der Waals surface area contributed by atoms with Crippen LogP contribution in [-0.2, 0) is 6.18 Å². The highest BCUT2D eigenvalue weighted by molar-refractivity contribution is 6.32. The molecule has 0 bridgehead atoms. The largest absolute Gasteiger partial charge is 0.456 e. The van der Waals surface area contributed by atoms with Crippen LogP contribution in [0.3, 0.4) is 0 Å². The van der Waals surface area contributed by atoms with E-state index in [0.717, 1.165) is 18.2 Å². The number of alkyl halides is 3. The van der Waals surface area contributed by atoms with E-state index in [2.05, 4.69) is 9.97 Å². The molecule has 0 fully saturated rings. The molecule has 2 N–H and O–H groups in total. The Morgan fingerprint density at radius 2 is 1.84 bits per heavy atom. The van der Waals surface area contributed by atoms with Crippen molar-refractivity contribution < 1.29 is 17.9 Å². The lowest BCUT2D eigenvalue weighted by Crippen LogP contribution is -2.04. The van der Waals surface area contributed by atoms with Crippen molar-refractivity contribution in [2.75, 3.05) is 5.73 Å². The molecular weight excluding hydrogens is 357 g/mol. The first-order valence-electron chi connectivity index (χ1n) is 6.80. The second kappa shape index (κ2) is 6.11. The maximum absolute atomic E-state index is 12.7. The number of ether oxygens (including phenoxy) is 1. The van der Waals surface area contributed by atoms with Crippen molar-refractivity contribution in [2.45, 2.75) is 6.18 Å². The zero-order valence-electron chi connectivity index (χ0n) is 12.3. The molecule has 0 amide bonds. The van der Waals surface area contributed by atoms with E-state index in [1.54, 1.807) is 6.07 Å². The third-order valence-corrected chi connectivity index (χ3v) is 3.55. The van der Waals surface area contributed by atoms with Gasteiger partial charge in [0, 0.05) is 6.07 Å². The molecule has 0 spiro atoms. The molecule has 2 aromatic carbocycles. The van der Waals surface area contributed by atoms with E-state index in [4.69, 9.17) is 27.3 Å². The van der Waals surface area contributed by atoms with E-state index in [1.165, 1.54) is 12.1 Å². The summed E-state index contributed by atoms with van der Waals surface area (Å²) in [5, 5.41) is 8.75. The van der Waals surface area contributed by atoms with Crippen molar-refractivity contribution in [3.63, 3.8) is 0 Å². The highest BCUT2D eigenvalue weighted by Gasteiger charge is 2.31. The highest BCUT2D eigenvalue weighted by atomic mass is 35.5. The van der Waals surface area contributed by atoms with Crippen LogP contribution in [0.2, 0.25) is 5.02 Å². The number of hydrogen-bond donors (Lipinski definition) is 1. The summed E-state index contributed by atoms with van der Waals surface area (Å²) in [7, 11) is 0. The molecule has 1 aromatic heterocycles. The second-order valence-electron chi connectivity index (χ2n) is 4.96. The number of aromatic nitrogens is 2. The number of hydrogen-bond acceptors (Lipinski definition) is 5. The van der Waals surface area contributed by atoms with Crippen molar-refractivity contribution in [1.82, 2.24) is 9.97 Å². The normalized spacial score (nSPS) is 11.3. The minimum Gasteiger partial charge on any atom is -0.456 e. The van der Waals surface area contributed by atoms with Crippen LogP contribution in [0.5, 0.6) is 11.5 Å². The summed E-state index contributed by atoms with van der Waals surface area (Å²) in [5.41, 5.74) is 5.49. The number of nitrogen functional groups attached to an aromatic ring is 1. The van der Waals surface area contributed by atoms with Crippen LogP contribution in [-0.4, -0.2) is 9.97 Å². The van der Waals surface area contributed by atoms with Crippen molar-refractivity contribution >= 4 is 28.5 Å². The number of nitrogens with zero attached hydrogens (tertiary/aromatic N) is 3. The van der Waals surface area contributed by atoms with Crippen LogP contribution in [0.25, 0.3) is 11.0 Å². The maximum atomic E-state index is 12.7. The molecular formula is C16H8ClF3N4O. The Kier molecular flexibility index (Phi) is 4.10. The summed E-state index contributed by atoms with van der Waals surface area (Å²) < 4.78 is 43.5. The van der Waals surface area contributed by atoms with Crippen LogP contribution in [0.15, 0.2) is 36.4 Å². The molecule has 0 saturated heterocycles. The van der Waals surface area contributed by atoms with Gasteiger partial charge in [0.1, 0.15) is 17.6 Å². The Morgan fingerprint density at radius 1 is 1.08 bits per heavy atom. The van der Waals surface area contributed by atoms with Crippen LogP contribution in [0.1, 0.15) is 11.3 Å². The predicted molar refractivity (Wildman–Crippen MR) is 85.2 cm³/mol. The fourth-order valence-electron chi connectivity index (χ4n) is 2.08. The zero-order chi connectivity index (χ0) is 18.2. The quantitative estimate of drug-likeness (QED) is 0.721. The Bertz CT molecular complexity index is 1010.